The van der Waals surface area contributed by atoms with Gasteiger partial charge in [-0.05, 0) is 49.7 Å². The van der Waals surface area contributed by atoms with Gasteiger partial charge < -0.3 is 25.2 Å². The summed E-state index contributed by atoms with van der Waals surface area (Å²) in [7, 11) is 3.17. The van der Waals surface area contributed by atoms with E-state index >= 15 is 4.39 Å². The number of aromatic nitrogens is 2. The normalized spacial score (nSPS) is 14.5. The second-order valence-corrected chi connectivity index (χ2v) is 10.2. The number of methoxy groups -OCH3 is 1. The first-order valence-corrected chi connectivity index (χ1v) is 13.6. The van der Waals surface area contributed by atoms with Crippen molar-refractivity contribution < 1.29 is 28.6 Å². The Morgan fingerprint density at radius 2 is 2.10 bits per heavy atom. The molecule has 1 unspecified atom stereocenters. The molecule has 3 N–H and O–H groups in total. The highest BCUT2D eigenvalue weighted by Gasteiger charge is 2.20. The van der Waals surface area contributed by atoms with Crippen LogP contribution in [0.3, 0.4) is 0 Å². The average Bonchev–Trinajstić information content (AvgIpc) is 2.98. The molecule has 0 spiro atoms. The van der Waals surface area contributed by atoms with Crippen LogP contribution in [0.2, 0.25) is 5.02 Å². The van der Waals surface area contributed by atoms with E-state index in [9.17, 15) is 14.7 Å². The highest BCUT2D eigenvalue weighted by atomic mass is 35.5. The van der Waals surface area contributed by atoms with Gasteiger partial charge in [0.15, 0.2) is 6.29 Å². The molecule has 1 saturated heterocycles. The first-order chi connectivity index (χ1) is 19.8. The number of carbonyl (C=O) groups excluding carboxylic acids is 2. The molecule has 1 fully saturated rings. The van der Waals surface area contributed by atoms with Crippen molar-refractivity contribution in [3.05, 3.63) is 70.1 Å². The van der Waals surface area contributed by atoms with Crippen LogP contribution in [0.1, 0.15) is 40.4 Å². The van der Waals surface area contributed by atoms with Gasteiger partial charge in [-0.2, -0.15) is 0 Å². The lowest BCUT2D eigenvalue weighted by molar-refractivity contribution is -0.123. The Hall–Kier alpha value is -3.64. The van der Waals surface area contributed by atoms with Crippen LogP contribution in [0.4, 0.5) is 10.3 Å². The number of benzene rings is 2. The summed E-state index contributed by atoms with van der Waals surface area (Å²) >= 11 is 6.36. The number of aliphatic hydroxyl groups is 1. The summed E-state index contributed by atoms with van der Waals surface area (Å²) in [5.74, 6) is -0.0523. The molecule has 2 heterocycles. The van der Waals surface area contributed by atoms with Gasteiger partial charge in [-0.3, -0.25) is 14.5 Å². The van der Waals surface area contributed by atoms with E-state index in [1.54, 1.807) is 36.2 Å². The first-order valence-electron chi connectivity index (χ1n) is 13.2. The number of rotatable bonds is 12. The largest absolute Gasteiger partial charge is 0.497 e. The number of hydrogen-bond acceptors (Lipinski definition) is 9. The third-order valence-corrected chi connectivity index (χ3v) is 7.06. The van der Waals surface area contributed by atoms with Crippen LogP contribution in [-0.4, -0.2) is 78.7 Å². The van der Waals surface area contributed by atoms with Crippen LogP contribution in [0, 0.1) is 5.82 Å². The molecular formula is C29H33ClFN5O5. The first kappa shape index (κ1) is 30.3. The Balaban J connectivity index is 1.45. The van der Waals surface area contributed by atoms with Gasteiger partial charge in [0.25, 0.3) is 0 Å². The zero-order chi connectivity index (χ0) is 29.4. The van der Waals surface area contributed by atoms with E-state index in [-0.39, 0.29) is 47.8 Å². The lowest BCUT2D eigenvalue weighted by Crippen LogP contribution is -2.38. The summed E-state index contributed by atoms with van der Waals surface area (Å²) in [6.45, 7) is 0.872. The maximum Gasteiger partial charge on any atom is 0.234 e. The number of nitrogens with one attached hydrogen (secondary N) is 2. The van der Waals surface area contributed by atoms with Crippen LogP contribution in [0.5, 0.6) is 5.75 Å². The van der Waals surface area contributed by atoms with E-state index in [1.807, 2.05) is 0 Å². The summed E-state index contributed by atoms with van der Waals surface area (Å²) in [5.41, 5.74) is 1.56. The SMILES string of the molecule is COc1cccc(C(CO)NC(=O)CN(C)Cc2c(F)cc(-c3nc(NC4CCOCC4)ncc3Cl)cc2C=O)c1. The molecule has 0 saturated carbocycles. The van der Waals surface area contributed by atoms with Crippen molar-refractivity contribution in [3.8, 4) is 17.0 Å². The summed E-state index contributed by atoms with van der Waals surface area (Å²) in [4.78, 5) is 35.0. The van der Waals surface area contributed by atoms with Gasteiger partial charge >= 0.3 is 0 Å². The zero-order valence-electron chi connectivity index (χ0n) is 22.9. The maximum absolute atomic E-state index is 15.4. The Morgan fingerprint density at radius 3 is 2.80 bits per heavy atom. The van der Waals surface area contributed by atoms with Crippen molar-refractivity contribution in [2.75, 3.05) is 45.8 Å². The molecule has 3 aromatic rings. The quantitative estimate of drug-likeness (QED) is 0.273. The number of nitrogens with zero attached hydrogens (tertiary/aromatic N) is 3. The number of aliphatic hydroxyl groups excluding tert-OH is 1. The second-order valence-electron chi connectivity index (χ2n) is 9.82. The number of likely N-dealkylation sites (N-methyl/N-ethyl adjacent to an activating group) is 1. The lowest BCUT2D eigenvalue weighted by atomic mass is 10.0. The van der Waals surface area contributed by atoms with Crippen molar-refractivity contribution in [1.82, 2.24) is 20.2 Å². The van der Waals surface area contributed by atoms with E-state index in [0.717, 1.165) is 12.8 Å². The molecule has 1 aliphatic heterocycles. The van der Waals surface area contributed by atoms with Crippen LogP contribution >= 0.6 is 11.6 Å². The van der Waals surface area contributed by atoms with Gasteiger partial charge in [0, 0.05) is 42.5 Å². The number of aldehydes is 1. The molecule has 12 heteroatoms. The molecule has 1 aliphatic rings. The van der Waals surface area contributed by atoms with Gasteiger partial charge in [0.2, 0.25) is 11.9 Å². The number of carbonyl (C=O) groups is 2. The number of hydrogen-bond donors (Lipinski definition) is 3. The number of halogens is 2. The molecule has 0 bridgehead atoms. The summed E-state index contributed by atoms with van der Waals surface area (Å²) in [6, 6.07) is 9.33. The molecule has 1 atom stereocenters. The van der Waals surface area contributed by atoms with E-state index < -0.39 is 11.9 Å². The van der Waals surface area contributed by atoms with Crippen molar-refractivity contribution in [2.45, 2.75) is 31.5 Å². The highest BCUT2D eigenvalue weighted by molar-refractivity contribution is 6.32. The third kappa shape index (κ3) is 7.98. The van der Waals surface area contributed by atoms with Crippen molar-refractivity contribution in [2.24, 2.45) is 0 Å². The minimum atomic E-state index is -0.643. The van der Waals surface area contributed by atoms with Crippen LogP contribution < -0.4 is 15.4 Å². The fourth-order valence-electron chi connectivity index (χ4n) is 4.63. The molecule has 10 nitrogen and oxygen atoms in total. The molecule has 1 amide bonds. The van der Waals surface area contributed by atoms with E-state index in [0.29, 0.717) is 48.0 Å². The van der Waals surface area contributed by atoms with Crippen molar-refractivity contribution in [3.63, 3.8) is 0 Å². The Kier molecular flexibility index (Phi) is 10.6. The zero-order valence-corrected chi connectivity index (χ0v) is 23.7. The molecule has 4 rings (SSSR count). The average molecular weight is 586 g/mol. The van der Waals surface area contributed by atoms with E-state index in [1.165, 1.54) is 25.4 Å². The number of anilines is 1. The maximum atomic E-state index is 15.4. The van der Waals surface area contributed by atoms with Gasteiger partial charge in [-0.1, -0.05) is 23.7 Å². The predicted octanol–water partition coefficient (Wildman–Crippen LogP) is 3.63. The topological polar surface area (TPSA) is 126 Å². The summed E-state index contributed by atoms with van der Waals surface area (Å²) in [5, 5.41) is 16.1. The second kappa shape index (κ2) is 14.3. The molecule has 1 aromatic heterocycles. The molecular weight excluding hydrogens is 553 g/mol. The van der Waals surface area contributed by atoms with Crippen LogP contribution in [0.25, 0.3) is 11.3 Å². The predicted molar refractivity (Wildman–Crippen MR) is 153 cm³/mol. The number of amides is 1. The van der Waals surface area contributed by atoms with E-state index in [4.69, 9.17) is 21.1 Å². The van der Waals surface area contributed by atoms with E-state index in [2.05, 4.69) is 20.6 Å². The monoisotopic (exact) mass is 585 g/mol. The highest BCUT2D eigenvalue weighted by Crippen LogP contribution is 2.30. The van der Waals surface area contributed by atoms with Gasteiger partial charge in [-0.25, -0.2) is 14.4 Å². The van der Waals surface area contributed by atoms with Crippen molar-refractivity contribution in [1.29, 1.82) is 0 Å². The minimum absolute atomic E-state index is 0.00930. The molecule has 2 aromatic carbocycles. The van der Waals surface area contributed by atoms with Gasteiger partial charge in [0.1, 0.15) is 11.6 Å². The fourth-order valence-corrected chi connectivity index (χ4v) is 4.83. The fraction of sp³-hybridized carbons (Fsp3) is 0.379. The Morgan fingerprint density at radius 1 is 1.32 bits per heavy atom. The van der Waals surface area contributed by atoms with Crippen molar-refractivity contribution >= 4 is 29.7 Å². The summed E-state index contributed by atoms with van der Waals surface area (Å²) in [6.07, 6.45) is 3.63. The van der Waals surface area contributed by atoms with Crippen LogP contribution in [-0.2, 0) is 16.1 Å². The molecule has 218 valence electrons. The molecule has 0 radical (unpaired) electrons. The Labute approximate surface area is 242 Å². The van der Waals surface area contributed by atoms with Gasteiger partial charge in [0.05, 0.1) is 43.2 Å². The number of ether oxygens (including phenoxy) is 2. The smallest absolute Gasteiger partial charge is 0.234 e. The lowest BCUT2D eigenvalue weighted by Gasteiger charge is -2.23. The summed E-state index contributed by atoms with van der Waals surface area (Å²) < 4.78 is 26.0. The Bertz CT molecular complexity index is 1370. The minimum Gasteiger partial charge on any atom is -0.497 e. The van der Waals surface area contributed by atoms with Gasteiger partial charge in [-0.15, -0.1) is 0 Å². The molecule has 0 aliphatic carbocycles. The molecule has 41 heavy (non-hydrogen) atoms. The van der Waals surface area contributed by atoms with Crippen LogP contribution in [0.15, 0.2) is 42.6 Å². The standard InChI is InChI=1S/C29H33ClFN5O5/c1-36(15-27(39)34-26(17-38)18-4-3-5-22(11-18)40-2)14-23-20(16-37)10-19(12-25(23)31)28-24(30)13-32-29(35-28)33-21-6-8-41-9-7-21/h3-5,10-13,16,21,26,38H,6-9,14-15,17H2,1-2H3,(H,34,39)(H,32,33,35). The third-order valence-electron chi connectivity index (χ3n) is 6.78.